The van der Waals surface area contributed by atoms with Crippen LogP contribution in [0.25, 0.3) is 0 Å². The van der Waals surface area contributed by atoms with Crippen molar-refractivity contribution in [2.45, 2.75) is 24.4 Å². The van der Waals surface area contributed by atoms with Gasteiger partial charge in [-0.25, -0.2) is 0 Å². The van der Waals surface area contributed by atoms with Crippen molar-refractivity contribution in [3.63, 3.8) is 0 Å². The minimum Gasteiger partial charge on any atom is -0.384 e. The molecule has 0 saturated heterocycles. The molecule has 3 aromatic rings. The number of nitrogens with one attached hydrogen (secondary N) is 3. The average Bonchev–Trinajstić information content (AvgIpc) is 3.57. The highest BCUT2D eigenvalue weighted by atomic mass is 16.2. The second kappa shape index (κ2) is 8.83. The highest BCUT2D eigenvalue weighted by molar-refractivity contribution is 6.01. The molecule has 31 heavy (non-hydrogen) atoms. The van der Waals surface area contributed by atoms with E-state index in [0.717, 1.165) is 6.42 Å². The van der Waals surface area contributed by atoms with E-state index >= 15 is 0 Å². The van der Waals surface area contributed by atoms with Gasteiger partial charge in [0.1, 0.15) is 11.9 Å². The minimum atomic E-state index is -0.827. The molecule has 6 heteroatoms. The SMILES string of the molecule is N=C(N)c1cccc(C(=O)N[C@@H](C(=O)N[C@@H]2C[C@H]2c2ccccc2)c2ccccc2)c1. The first-order valence-electron chi connectivity index (χ1n) is 10.2. The molecule has 0 radical (unpaired) electrons. The van der Waals surface area contributed by atoms with Crippen LogP contribution in [-0.2, 0) is 4.79 Å². The first-order chi connectivity index (χ1) is 15.0. The Hall–Kier alpha value is -3.93. The number of carbonyl (C=O) groups is 2. The van der Waals surface area contributed by atoms with Crippen LogP contribution in [0.1, 0.15) is 45.4 Å². The zero-order chi connectivity index (χ0) is 21.8. The Morgan fingerprint density at radius 2 is 1.55 bits per heavy atom. The molecule has 5 N–H and O–H groups in total. The summed E-state index contributed by atoms with van der Waals surface area (Å²) in [6.45, 7) is 0. The molecular weight excluding hydrogens is 388 g/mol. The number of amides is 2. The van der Waals surface area contributed by atoms with Gasteiger partial charge in [-0.3, -0.25) is 15.0 Å². The standard InChI is InChI=1S/C25H24N4O2/c26-23(27)18-12-7-13-19(14-18)24(30)29-22(17-10-5-2-6-11-17)25(31)28-21-15-20(21)16-8-3-1-4-9-16/h1-14,20-22H,15H2,(H3,26,27)(H,28,31)(H,29,30)/t20-,21+,22+/m0/s1. The summed E-state index contributed by atoms with van der Waals surface area (Å²) in [5.74, 6) is -0.467. The van der Waals surface area contributed by atoms with E-state index in [-0.39, 0.29) is 17.8 Å². The van der Waals surface area contributed by atoms with Gasteiger partial charge >= 0.3 is 0 Å². The molecule has 1 fully saturated rings. The lowest BCUT2D eigenvalue weighted by Gasteiger charge is -2.19. The fraction of sp³-hybridized carbons (Fsp3) is 0.160. The second-order valence-corrected chi connectivity index (χ2v) is 7.68. The Kier molecular flexibility index (Phi) is 5.80. The zero-order valence-corrected chi connectivity index (χ0v) is 16.9. The van der Waals surface area contributed by atoms with E-state index in [1.165, 1.54) is 5.56 Å². The Morgan fingerprint density at radius 3 is 2.23 bits per heavy atom. The zero-order valence-electron chi connectivity index (χ0n) is 16.9. The van der Waals surface area contributed by atoms with Crippen LogP contribution >= 0.6 is 0 Å². The number of amidine groups is 1. The molecule has 3 atom stereocenters. The van der Waals surface area contributed by atoms with Gasteiger partial charge in [-0.1, -0.05) is 72.8 Å². The minimum absolute atomic E-state index is 0.0547. The van der Waals surface area contributed by atoms with Gasteiger partial charge in [0.25, 0.3) is 5.91 Å². The number of nitrogens with two attached hydrogens (primary N) is 1. The highest BCUT2D eigenvalue weighted by Gasteiger charge is 2.40. The Labute approximate surface area is 181 Å². The predicted molar refractivity (Wildman–Crippen MR) is 120 cm³/mol. The molecule has 156 valence electrons. The Balaban J connectivity index is 1.50. The summed E-state index contributed by atoms with van der Waals surface area (Å²) < 4.78 is 0. The summed E-state index contributed by atoms with van der Waals surface area (Å²) in [5.41, 5.74) is 8.24. The maximum atomic E-state index is 13.1. The summed E-state index contributed by atoms with van der Waals surface area (Å²) >= 11 is 0. The molecule has 0 aliphatic heterocycles. The monoisotopic (exact) mass is 412 g/mol. The van der Waals surface area contributed by atoms with Crippen LogP contribution in [0.5, 0.6) is 0 Å². The molecule has 0 aromatic heterocycles. The van der Waals surface area contributed by atoms with Crippen LogP contribution in [0.2, 0.25) is 0 Å². The number of rotatable bonds is 7. The van der Waals surface area contributed by atoms with Gasteiger partial charge in [-0.2, -0.15) is 0 Å². The number of nitrogen functional groups attached to an aromatic ring is 1. The molecule has 1 saturated carbocycles. The molecule has 1 aliphatic rings. The molecule has 2 amide bonds. The Bertz CT molecular complexity index is 1100. The van der Waals surface area contributed by atoms with E-state index in [1.54, 1.807) is 24.3 Å². The van der Waals surface area contributed by atoms with Crippen molar-refractivity contribution in [3.8, 4) is 0 Å². The lowest BCUT2D eigenvalue weighted by atomic mass is 10.0. The molecule has 6 nitrogen and oxygen atoms in total. The van der Waals surface area contributed by atoms with Crippen molar-refractivity contribution < 1.29 is 9.59 Å². The van der Waals surface area contributed by atoms with Gasteiger partial charge in [-0.05, 0) is 29.7 Å². The van der Waals surface area contributed by atoms with Gasteiger partial charge < -0.3 is 16.4 Å². The number of hydrogen-bond donors (Lipinski definition) is 4. The van der Waals surface area contributed by atoms with E-state index in [1.807, 2.05) is 48.5 Å². The van der Waals surface area contributed by atoms with E-state index in [0.29, 0.717) is 22.6 Å². The van der Waals surface area contributed by atoms with Gasteiger partial charge in [0.15, 0.2) is 0 Å². The van der Waals surface area contributed by atoms with Crippen molar-refractivity contribution in [3.05, 3.63) is 107 Å². The third kappa shape index (κ3) is 4.80. The van der Waals surface area contributed by atoms with Crippen molar-refractivity contribution in [1.82, 2.24) is 10.6 Å². The fourth-order valence-corrected chi connectivity index (χ4v) is 3.68. The lowest BCUT2D eigenvalue weighted by Crippen LogP contribution is -2.41. The van der Waals surface area contributed by atoms with E-state index in [2.05, 4.69) is 22.8 Å². The van der Waals surface area contributed by atoms with Crippen molar-refractivity contribution >= 4 is 17.6 Å². The molecule has 0 heterocycles. The molecule has 1 aliphatic carbocycles. The molecular formula is C25H24N4O2. The topological polar surface area (TPSA) is 108 Å². The third-order valence-corrected chi connectivity index (χ3v) is 5.45. The Morgan fingerprint density at radius 1 is 0.903 bits per heavy atom. The maximum Gasteiger partial charge on any atom is 0.252 e. The summed E-state index contributed by atoms with van der Waals surface area (Å²) in [4.78, 5) is 26.0. The first-order valence-corrected chi connectivity index (χ1v) is 10.2. The molecule has 3 aromatic carbocycles. The first kappa shape index (κ1) is 20.3. The fourth-order valence-electron chi connectivity index (χ4n) is 3.68. The van der Waals surface area contributed by atoms with Crippen LogP contribution < -0.4 is 16.4 Å². The van der Waals surface area contributed by atoms with Crippen molar-refractivity contribution in [1.29, 1.82) is 5.41 Å². The summed E-state index contributed by atoms with van der Waals surface area (Å²) in [6.07, 6.45) is 0.881. The molecule has 4 rings (SSSR count). The number of benzene rings is 3. The quantitative estimate of drug-likeness (QED) is 0.354. The van der Waals surface area contributed by atoms with Crippen LogP contribution in [0.3, 0.4) is 0 Å². The summed E-state index contributed by atoms with van der Waals surface area (Å²) in [5, 5.41) is 13.5. The summed E-state index contributed by atoms with van der Waals surface area (Å²) in [7, 11) is 0. The number of hydrogen-bond acceptors (Lipinski definition) is 3. The van der Waals surface area contributed by atoms with Gasteiger partial charge in [-0.15, -0.1) is 0 Å². The van der Waals surface area contributed by atoms with Gasteiger partial charge in [0.2, 0.25) is 5.91 Å². The van der Waals surface area contributed by atoms with Crippen molar-refractivity contribution in [2.75, 3.05) is 0 Å². The van der Waals surface area contributed by atoms with Crippen molar-refractivity contribution in [2.24, 2.45) is 5.73 Å². The van der Waals surface area contributed by atoms with Crippen LogP contribution in [0.4, 0.5) is 0 Å². The predicted octanol–water partition coefficient (Wildman–Crippen LogP) is 3.11. The number of carbonyl (C=O) groups excluding carboxylic acids is 2. The van der Waals surface area contributed by atoms with Crippen LogP contribution in [0.15, 0.2) is 84.9 Å². The normalized spacial score (nSPS) is 17.9. The smallest absolute Gasteiger partial charge is 0.252 e. The largest absolute Gasteiger partial charge is 0.384 e. The van der Waals surface area contributed by atoms with Gasteiger partial charge in [0.05, 0.1) is 0 Å². The third-order valence-electron chi connectivity index (χ3n) is 5.45. The molecule has 0 spiro atoms. The maximum absolute atomic E-state index is 13.1. The average molecular weight is 412 g/mol. The van der Waals surface area contributed by atoms with Crippen LogP contribution in [-0.4, -0.2) is 23.7 Å². The highest BCUT2D eigenvalue weighted by Crippen LogP contribution is 2.40. The molecule has 0 unspecified atom stereocenters. The second-order valence-electron chi connectivity index (χ2n) is 7.68. The lowest BCUT2D eigenvalue weighted by molar-refractivity contribution is -0.123. The van der Waals surface area contributed by atoms with E-state index in [9.17, 15) is 9.59 Å². The van der Waals surface area contributed by atoms with Crippen LogP contribution in [0, 0.1) is 5.41 Å². The van der Waals surface area contributed by atoms with Gasteiger partial charge in [0, 0.05) is 23.1 Å². The molecule has 0 bridgehead atoms. The van der Waals surface area contributed by atoms with E-state index in [4.69, 9.17) is 11.1 Å². The summed E-state index contributed by atoms with van der Waals surface area (Å²) in [6, 6.07) is 25.0. The van der Waals surface area contributed by atoms with E-state index < -0.39 is 11.9 Å².